The number of nitrogens with one attached hydrogen (secondary N) is 2. The molecule has 0 aromatic heterocycles. The van der Waals surface area contributed by atoms with Crippen molar-refractivity contribution in [2.45, 2.75) is 11.4 Å². The summed E-state index contributed by atoms with van der Waals surface area (Å²) in [6.07, 6.45) is 0. The fraction of sp³-hybridized carbons (Fsp3) is 0.278. The van der Waals surface area contributed by atoms with Gasteiger partial charge in [-0.25, -0.2) is 22.5 Å². The Hall–Kier alpha value is -2.85. The van der Waals surface area contributed by atoms with E-state index in [9.17, 15) is 12.8 Å². The lowest BCUT2D eigenvalue weighted by molar-refractivity contribution is 0.255. The Morgan fingerprint density at radius 1 is 1.18 bits per heavy atom. The van der Waals surface area contributed by atoms with Gasteiger partial charge in [-0.05, 0) is 29.8 Å². The van der Waals surface area contributed by atoms with Crippen molar-refractivity contribution in [2.75, 3.05) is 27.6 Å². The minimum Gasteiger partial charge on any atom is -0.493 e. The molecule has 0 bridgehead atoms. The lowest BCUT2D eigenvalue weighted by atomic mass is 10.2. The van der Waals surface area contributed by atoms with Crippen LogP contribution in [-0.2, 0) is 16.6 Å². The first-order chi connectivity index (χ1) is 13.4. The van der Waals surface area contributed by atoms with Gasteiger partial charge in [-0.15, -0.1) is 0 Å². The highest BCUT2D eigenvalue weighted by Crippen LogP contribution is 2.29. The van der Waals surface area contributed by atoms with Crippen LogP contribution in [-0.4, -0.2) is 46.8 Å². The quantitative estimate of drug-likeness (QED) is 0.753. The summed E-state index contributed by atoms with van der Waals surface area (Å²) in [6, 6.07) is 10.6. The van der Waals surface area contributed by atoms with Gasteiger partial charge in [-0.1, -0.05) is 12.1 Å². The number of guanidine groups is 1. The number of sulfonamides is 1. The van der Waals surface area contributed by atoms with Crippen LogP contribution in [0.25, 0.3) is 0 Å². The molecule has 150 valence electrons. The Morgan fingerprint density at radius 3 is 2.61 bits per heavy atom. The Morgan fingerprint density at radius 2 is 1.96 bits per heavy atom. The SMILES string of the molecule is COc1ccc(S(=O)(=O)NC2=NCN(Cc3cccc(F)c3)CN2)cc1OC. The Labute approximate surface area is 163 Å². The highest BCUT2D eigenvalue weighted by molar-refractivity contribution is 7.90. The minimum atomic E-state index is -3.85. The van der Waals surface area contributed by atoms with Gasteiger partial charge in [0.25, 0.3) is 10.0 Å². The molecule has 0 radical (unpaired) electrons. The number of hydrogen-bond donors (Lipinski definition) is 2. The fourth-order valence-electron chi connectivity index (χ4n) is 2.70. The summed E-state index contributed by atoms with van der Waals surface area (Å²) >= 11 is 0. The van der Waals surface area contributed by atoms with Gasteiger partial charge in [-0.2, -0.15) is 0 Å². The fourth-order valence-corrected chi connectivity index (χ4v) is 3.72. The highest BCUT2D eigenvalue weighted by Gasteiger charge is 2.21. The summed E-state index contributed by atoms with van der Waals surface area (Å²) in [7, 11) is -0.941. The number of rotatable bonds is 6. The maximum absolute atomic E-state index is 13.3. The average molecular weight is 408 g/mol. The molecule has 2 N–H and O–H groups in total. The van der Waals surface area contributed by atoms with Gasteiger partial charge in [0, 0.05) is 12.6 Å². The van der Waals surface area contributed by atoms with E-state index in [4.69, 9.17) is 9.47 Å². The van der Waals surface area contributed by atoms with Crippen LogP contribution in [0.15, 0.2) is 52.4 Å². The Bertz CT molecular complexity index is 981. The van der Waals surface area contributed by atoms with E-state index in [0.717, 1.165) is 5.56 Å². The Kier molecular flexibility index (Phi) is 6.00. The lowest BCUT2D eigenvalue weighted by Crippen LogP contribution is -2.49. The van der Waals surface area contributed by atoms with Gasteiger partial charge >= 0.3 is 0 Å². The number of hydrogen-bond acceptors (Lipinski definition) is 7. The Balaban J connectivity index is 1.66. The molecule has 1 heterocycles. The molecule has 10 heteroatoms. The van der Waals surface area contributed by atoms with Crippen LogP contribution in [0.4, 0.5) is 4.39 Å². The third kappa shape index (κ3) is 4.70. The third-order valence-corrected chi connectivity index (χ3v) is 5.43. The van der Waals surface area contributed by atoms with E-state index >= 15 is 0 Å². The normalized spacial score (nSPS) is 14.8. The van der Waals surface area contributed by atoms with Crippen LogP contribution in [0, 0.1) is 5.82 Å². The summed E-state index contributed by atoms with van der Waals surface area (Å²) < 4.78 is 51.1. The zero-order valence-corrected chi connectivity index (χ0v) is 16.3. The number of aliphatic imine (C=N–C) groups is 1. The van der Waals surface area contributed by atoms with Gasteiger partial charge in [0.1, 0.15) is 5.82 Å². The van der Waals surface area contributed by atoms with Gasteiger partial charge in [-0.3, -0.25) is 4.90 Å². The molecule has 0 amide bonds. The summed E-state index contributed by atoms with van der Waals surface area (Å²) in [5, 5.41) is 2.92. The monoisotopic (exact) mass is 408 g/mol. The van der Waals surface area contributed by atoms with Crippen LogP contribution in [0.5, 0.6) is 11.5 Å². The van der Waals surface area contributed by atoms with E-state index in [1.54, 1.807) is 6.07 Å². The largest absolute Gasteiger partial charge is 0.493 e. The molecule has 2 aromatic rings. The van der Waals surface area contributed by atoms with Crippen LogP contribution in [0.3, 0.4) is 0 Å². The number of halogens is 1. The average Bonchev–Trinajstić information content (AvgIpc) is 2.68. The van der Waals surface area contributed by atoms with Gasteiger partial charge in [0.05, 0.1) is 32.5 Å². The van der Waals surface area contributed by atoms with Crippen molar-refractivity contribution in [1.29, 1.82) is 0 Å². The van der Waals surface area contributed by atoms with Crippen molar-refractivity contribution in [3.05, 3.63) is 53.8 Å². The van der Waals surface area contributed by atoms with Crippen molar-refractivity contribution in [1.82, 2.24) is 14.9 Å². The van der Waals surface area contributed by atoms with E-state index in [1.807, 2.05) is 11.0 Å². The van der Waals surface area contributed by atoms with Crippen LogP contribution < -0.4 is 19.5 Å². The minimum absolute atomic E-state index is 0.0249. The van der Waals surface area contributed by atoms with E-state index < -0.39 is 10.0 Å². The lowest BCUT2D eigenvalue weighted by Gasteiger charge is -2.27. The van der Waals surface area contributed by atoms with Crippen molar-refractivity contribution in [2.24, 2.45) is 4.99 Å². The highest BCUT2D eigenvalue weighted by atomic mass is 32.2. The van der Waals surface area contributed by atoms with Crippen LogP contribution >= 0.6 is 0 Å². The molecular weight excluding hydrogens is 387 g/mol. The predicted octanol–water partition coefficient (Wildman–Crippen LogP) is 1.50. The van der Waals surface area contributed by atoms with Crippen molar-refractivity contribution < 1.29 is 22.3 Å². The predicted molar refractivity (Wildman–Crippen MR) is 102 cm³/mol. The second-order valence-corrected chi connectivity index (χ2v) is 7.75. The maximum atomic E-state index is 13.3. The molecule has 2 aromatic carbocycles. The molecule has 0 unspecified atom stereocenters. The standard InChI is InChI=1S/C18H21FN4O4S/c1-26-16-7-6-15(9-17(16)27-2)28(24,25)22-18-20-11-23(12-21-18)10-13-4-3-5-14(19)8-13/h3-9H,10-12H2,1-2H3,(H2,20,21,22). The molecular formula is C18H21FN4O4S. The summed E-state index contributed by atoms with van der Waals surface area (Å²) in [5.74, 6) is 0.590. The molecule has 0 saturated heterocycles. The molecule has 28 heavy (non-hydrogen) atoms. The zero-order valence-electron chi connectivity index (χ0n) is 15.5. The van der Waals surface area contributed by atoms with Crippen LogP contribution in [0.1, 0.15) is 5.56 Å². The molecule has 0 aliphatic carbocycles. The van der Waals surface area contributed by atoms with Gasteiger partial charge in [0.15, 0.2) is 11.5 Å². The maximum Gasteiger partial charge on any atom is 0.264 e. The van der Waals surface area contributed by atoms with E-state index in [2.05, 4.69) is 15.0 Å². The van der Waals surface area contributed by atoms with E-state index in [-0.39, 0.29) is 23.3 Å². The summed E-state index contributed by atoms with van der Waals surface area (Å²) in [5.41, 5.74) is 0.811. The first kappa shape index (κ1) is 19.9. The summed E-state index contributed by atoms with van der Waals surface area (Å²) in [4.78, 5) is 6.14. The molecule has 1 aliphatic heterocycles. The molecule has 0 fully saturated rings. The molecule has 0 atom stereocenters. The number of ether oxygens (including phenoxy) is 2. The number of benzene rings is 2. The molecule has 3 rings (SSSR count). The smallest absolute Gasteiger partial charge is 0.264 e. The first-order valence-electron chi connectivity index (χ1n) is 8.41. The molecule has 1 aliphatic rings. The number of nitrogens with zero attached hydrogens (tertiary/aromatic N) is 2. The molecule has 0 spiro atoms. The molecule has 0 saturated carbocycles. The zero-order chi connectivity index (χ0) is 20.1. The van der Waals surface area contributed by atoms with Crippen LogP contribution in [0.2, 0.25) is 0 Å². The topological polar surface area (TPSA) is 92.3 Å². The number of methoxy groups -OCH3 is 2. The van der Waals surface area contributed by atoms with Gasteiger partial charge in [0.2, 0.25) is 5.96 Å². The second-order valence-electron chi connectivity index (χ2n) is 6.06. The third-order valence-electron chi connectivity index (χ3n) is 4.09. The van der Waals surface area contributed by atoms with Crippen molar-refractivity contribution in [3.63, 3.8) is 0 Å². The van der Waals surface area contributed by atoms with Crippen molar-refractivity contribution >= 4 is 16.0 Å². The van der Waals surface area contributed by atoms with Gasteiger partial charge < -0.3 is 14.8 Å². The summed E-state index contributed by atoms with van der Waals surface area (Å²) in [6.45, 7) is 1.13. The van der Waals surface area contributed by atoms with Crippen molar-refractivity contribution in [3.8, 4) is 11.5 Å². The second kappa shape index (κ2) is 8.44. The van der Waals surface area contributed by atoms with E-state index in [1.165, 1.54) is 44.6 Å². The first-order valence-corrected chi connectivity index (χ1v) is 9.89. The molecule has 8 nitrogen and oxygen atoms in total. The van der Waals surface area contributed by atoms with E-state index in [0.29, 0.717) is 24.7 Å².